The van der Waals surface area contributed by atoms with Crippen LogP contribution < -0.4 is 5.32 Å². The number of nitrogens with one attached hydrogen (secondary N) is 1. The number of aromatic nitrogens is 2. The van der Waals surface area contributed by atoms with Crippen LogP contribution in [0.1, 0.15) is 15.9 Å². The standard InChI is InChI=1S/C25H24N4O3S/c1-18-12-14-19(15-13-18)24-23(17-29(27-24)21-9-5-4-6-10-21)25(30)26-20-8-7-11-22(16-20)33(31,32)28(2)3/h4-17H,1-3H3,(H,26,30). The van der Waals surface area contributed by atoms with E-state index in [1.807, 2.05) is 61.5 Å². The molecule has 0 saturated carbocycles. The molecule has 0 saturated heterocycles. The first-order chi connectivity index (χ1) is 15.8. The van der Waals surface area contributed by atoms with Crippen molar-refractivity contribution in [3.63, 3.8) is 0 Å². The van der Waals surface area contributed by atoms with Gasteiger partial charge in [0.05, 0.1) is 16.1 Å². The third-order valence-corrected chi connectivity index (χ3v) is 6.99. The van der Waals surface area contributed by atoms with Gasteiger partial charge in [0.2, 0.25) is 10.0 Å². The number of rotatable bonds is 6. The molecule has 0 spiro atoms. The van der Waals surface area contributed by atoms with Gasteiger partial charge in [-0.15, -0.1) is 0 Å². The number of sulfonamides is 1. The molecule has 33 heavy (non-hydrogen) atoms. The summed E-state index contributed by atoms with van der Waals surface area (Å²) in [5, 5.41) is 7.50. The number of hydrogen-bond donors (Lipinski definition) is 1. The second-order valence-corrected chi connectivity index (χ2v) is 9.96. The second-order valence-electron chi connectivity index (χ2n) is 7.81. The minimum Gasteiger partial charge on any atom is -0.322 e. The zero-order valence-electron chi connectivity index (χ0n) is 18.6. The van der Waals surface area contributed by atoms with Gasteiger partial charge in [0.15, 0.2) is 0 Å². The Balaban J connectivity index is 1.73. The first kappa shape index (κ1) is 22.4. The summed E-state index contributed by atoms with van der Waals surface area (Å²) in [6, 6.07) is 23.5. The molecule has 0 bridgehead atoms. The molecule has 1 amide bonds. The number of para-hydroxylation sites is 1. The van der Waals surface area contributed by atoms with E-state index in [0.717, 1.165) is 21.1 Å². The van der Waals surface area contributed by atoms with Gasteiger partial charge in [-0.3, -0.25) is 4.79 Å². The Labute approximate surface area is 193 Å². The molecule has 4 rings (SSSR count). The average Bonchev–Trinajstić information content (AvgIpc) is 3.26. The summed E-state index contributed by atoms with van der Waals surface area (Å²) < 4.78 is 27.7. The van der Waals surface area contributed by atoms with Crippen LogP contribution in [0, 0.1) is 6.92 Å². The lowest BCUT2D eigenvalue weighted by Gasteiger charge is -2.12. The van der Waals surface area contributed by atoms with E-state index in [2.05, 4.69) is 10.4 Å². The second kappa shape index (κ2) is 9.01. The molecule has 0 unspecified atom stereocenters. The third-order valence-electron chi connectivity index (χ3n) is 5.18. The summed E-state index contributed by atoms with van der Waals surface area (Å²) in [4.78, 5) is 13.4. The van der Waals surface area contributed by atoms with Crippen LogP contribution in [0.25, 0.3) is 16.9 Å². The summed E-state index contributed by atoms with van der Waals surface area (Å²) in [5.41, 5.74) is 4.03. The maximum absolute atomic E-state index is 13.3. The Morgan fingerprint density at radius 1 is 0.939 bits per heavy atom. The van der Waals surface area contributed by atoms with Gasteiger partial charge in [-0.25, -0.2) is 17.4 Å². The molecule has 8 heteroatoms. The van der Waals surface area contributed by atoms with Crippen LogP contribution in [0.2, 0.25) is 0 Å². The van der Waals surface area contributed by atoms with Gasteiger partial charge in [-0.05, 0) is 37.3 Å². The molecule has 1 heterocycles. The lowest BCUT2D eigenvalue weighted by Crippen LogP contribution is -2.22. The van der Waals surface area contributed by atoms with Crippen molar-refractivity contribution >= 4 is 21.6 Å². The maximum atomic E-state index is 13.3. The molecule has 1 aromatic heterocycles. The van der Waals surface area contributed by atoms with Crippen molar-refractivity contribution < 1.29 is 13.2 Å². The molecule has 0 aliphatic rings. The van der Waals surface area contributed by atoms with Gasteiger partial charge in [0, 0.05) is 31.5 Å². The third kappa shape index (κ3) is 4.72. The maximum Gasteiger partial charge on any atom is 0.259 e. The van der Waals surface area contributed by atoms with Crippen LogP contribution in [-0.2, 0) is 10.0 Å². The lowest BCUT2D eigenvalue weighted by atomic mass is 10.1. The first-order valence-corrected chi connectivity index (χ1v) is 11.8. The van der Waals surface area contributed by atoms with Crippen LogP contribution in [0.5, 0.6) is 0 Å². The molecule has 168 valence electrons. The van der Waals surface area contributed by atoms with Gasteiger partial charge in [-0.2, -0.15) is 5.10 Å². The van der Waals surface area contributed by atoms with Crippen LogP contribution in [0.3, 0.4) is 0 Å². The van der Waals surface area contributed by atoms with Crippen molar-refractivity contribution in [1.82, 2.24) is 14.1 Å². The summed E-state index contributed by atoms with van der Waals surface area (Å²) in [6.07, 6.45) is 1.68. The van der Waals surface area contributed by atoms with Crippen LogP contribution in [0.4, 0.5) is 5.69 Å². The predicted molar refractivity (Wildman–Crippen MR) is 129 cm³/mol. The zero-order valence-corrected chi connectivity index (χ0v) is 19.4. The highest BCUT2D eigenvalue weighted by molar-refractivity contribution is 7.89. The molecule has 0 radical (unpaired) electrons. The van der Waals surface area contributed by atoms with Crippen molar-refractivity contribution in [3.05, 3.63) is 96.2 Å². The van der Waals surface area contributed by atoms with E-state index in [1.54, 1.807) is 23.0 Å². The molecule has 3 aromatic carbocycles. The Morgan fingerprint density at radius 2 is 1.64 bits per heavy atom. The number of carbonyl (C=O) groups is 1. The summed E-state index contributed by atoms with van der Waals surface area (Å²) in [7, 11) is -0.692. The molecular formula is C25H24N4O3S. The SMILES string of the molecule is Cc1ccc(-c2nn(-c3ccccc3)cc2C(=O)Nc2cccc(S(=O)(=O)N(C)C)c2)cc1. The van der Waals surface area contributed by atoms with Gasteiger partial charge >= 0.3 is 0 Å². The fraction of sp³-hybridized carbons (Fsp3) is 0.120. The van der Waals surface area contributed by atoms with E-state index in [-0.39, 0.29) is 10.8 Å². The van der Waals surface area contributed by atoms with Gasteiger partial charge < -0.3 is 5.32 Å². The number of hydrogen-bond acceptors (Lipinski definition) is 4. The molecular weight excluding hydrogens is 436 g/mol. The number of amides is 1. The van der Waals surface area contributed by atoms with E-state index in [4.69, 9.17) is 0 Å². The van der Waals surface area contributed by atoms with Crippen LogP contribution in [0.15, 0.2) is 90.0 Å². The summed E-state index contributed by atoms with van der Waals surface area (Å²) in [5.74, 6) is -0.382. The normalized spacial score (nSPS) is 11.5. The fourth-order valence-electron chi connectivity index (χ4n) is 3.32. The number of carbonyl (C=O) groups excluding carboxylic acids is 1. The molecule has 0 aliphatic carbocycles. The average molecular weight is 461 g/mol. The quantitative estimate of drug-likeness (QED) is 0.464. The topological polar surface area (TPSA) is 84.3 Å². The zero-order chi connectivity index (χ0) is 23.6. The smallest absolute Gasteiger partial charge is 0.259 e. The fourth-order valence-corrected chi connectivity index (χ4v) is 4.27. The first-order valence-electron chi connectivity index (χ1n) is 10.3. The van der Waals surface area contributed by atoms with E-state index in [9.17, 15) is 13.2 Å². The molecule has 0 fully saturated rings. The van der Waals surface area contributed by atoms with Crippen molar-refractivity contribution in [2.24, 2.45) is 0 Å². The van der Waals surface area contributed by atoms with Crippen molar-refractivity contribution in [1.29, 1.82) is 0 Å². The Morgan fingerprint density at radius 3 is 2.30 bits per heavy atom. The Kier molecular flexibility index (Phi) is 6.13. The predicted octanol–water partition coefficient (Wildman–Crippen LogP) is 4.35. The largest absolute Gasteiger partial charge is 0.322 e. The highest BCUT2D eigenvalue weighted by Gasteiger charge is 2.21. The summed E-state index contributed by atoms with van der Waals surface area (Å²) in [6.45, 7) is 1.99. The van der Waals surface area contributed by atoms with Crippen molar-refractivity contribution in [2.45, 2.75) is 11.8 Å². The Bertz CT molecular complexity index is 1390. The minimum absolute atomic E-state index is 0.101. The highest BCUT2D eigenvalue weighted by atomic mass is 32.2. The monoisotopic (exact) mass is 460 g/mol. The number of anilines is 1. The molecule has 0 atom stereocenters. The number of nitrogens with zero attached hydrogens (tertiary/aromatic N) is 3. The van der Waals surface area contributed by atoms with Crippen molar-refractivity contribution in [2.75, 3.05) is 19.4 Å². The number of aryl methyl sites for hydroxylation is 1. The van der Waals surface area contributed by atoms with E-state index in [0.29, 0.717) is 16.9 Å². The molecule has 0 aliphatic heterocycles. The van der Waals surface area contributed by atoms with Gasteiger partial charge in [0.1, 0.15) is 5.69 Å². The molecule has 7 nitrogen and oxygen atoms in total. The molecule has 1 N–H and O–H groups in total. The van der Waals surface area contributed by atoms with Gasteiger partial charge in [-0.1, -0.05) is 54.1 Å². The van der Waals surface area contributed by atoms with Crippen molar-refractivity contribution in [3.8, 4) is 16.9 Å². The number of benzene rings is 3. The highest BCUT2D eigenvalue weighted by Crippen LogP contribution is 2.26. The van der Waals surface area contributed by atoms with E-state index in [1.165, 1.54) is 26.2 Å². The van der Waals surface area contributed by atoms with E-state index >= 15 is 0 Å². The minimum atomic E-state index is -3.62. The Hall–Kier alpha value is -3.75. The van der Waals surface area contributed by atoms with Gasteiger partial charge in [0.25, 0.3) is 5.91 Å². The van der Waals surface area contributed by atoms with Crippen LogP contribution >= 0.6 is 0 Å². The summed E-state index contributed by atoms with van der Waals surface area (Å²) >= 11 is 0. The molecule has 4 aromatic rings. The van der Waals surface area contributed by atoms with E-state index < -0.39 is 10.0 Å². The lowest BCUT2D eigenvalue weighted by molar-refractivity contribution is 0.102. The van der Waals surface area contributed by atoms with Crippen LogP contribution in [-0.4, -0.2) is 42.5 Å².